The number of amides is 1. The zero-order chi connectivity index (χ0) is 17.2. The van der Waals surface area contributed by atoms with Gasteiger partial charge in [-0.05, 0) is 38.5 Å². The van der Waals surface area contributed by atoms with Crippen LogP contribution >= 0.6 is 11.6 Å². The first-order valence-electron chi connectivity index (χ1n) is 7.06. The van der Waals surface area contributed by atoms with Gasteiger partial charge in [-0.3, -0.25) is 9.48 Å². The predicted molar refractivity (Wildman–Crippen MR) is 87.7 cm³/mol. The Labute approximate surface area is 139 Å². The number of nitrogens with one attached hydrogen (secondary N) is 1. The summed E-state index contributed by atoms with van der Waals surface area (Å²) in [5.41, 5.74) is 0.0492. The van der Waals surface area contributed by atoms with Gasteiger partial charge >= 0.3 is 5.97 Å². The van der Waals surface area contributed by atoms with E-state index in [1.807, 2.05) is 6.07 Å². The van der Waals surface area contributed by atoms with Crippen molar-refractivity contribution in [3.8, 4) is 0 Å². The predicted octanol–water partition coefficient (Wildman–Crippen LogP) is 3.10. The number of carboxylic acids is 1. The van der Waals surface area contributed by atoms with Crippen LogP contribution in [0.2, 0.25) is 5.02 Å². The van der Waals surface area contributed by atoms with Gasteiger partial charge in [0.25, 0.3) is 0 Å². The summed E-state index contributed by atoms with van der Waals surface area (Å²) in [5, 5.41) is 16.5. The molecular formula is C16H18ClN3O3. The number of aromatic nitrogens is 2. The number of hydrogen-bond donors (Lipinski definition) is 2. The SMILES string of the molecule is CC(C(=O)Nc1cnn(C(C)(C)C(=O)O)c1)c1cccc(Cl)c1. The molecule has 0 bridgehead atoms. The van der Waals surface area contributed by atoms with Crippen molar-refractivity contribution in [2.45, 2.75) is 32.2 Å². The molecule has 0 fully saturated rings. The molecular weight excluding hydrogens is 318 g/mol. The Morgan fingerprint density at radius 3 is 2.70 bits per heavy atom. The first-order chi connectivity index (χ1) is 10.7. The fraction of sp³-hybridized carbons (Fsp3) is 0.312. The van der Waals surface area contributed by atoms with E-state index in [2.05, 4.69) is 10.4 Å². The molecule has 2 rings (SSSR count). The molecule has 0 aliphatic carbocycles. The molecule has 2 N–H and O–H groups in total. The summed E-state index contributed by atoms with van der Waals surface area (Å²) in [6.07, 6.45) is 2.92. The third-order valence-electron chi connectivity index (χ3n) is 3.69. The fourth-order valence-electron chi connectivity index (χ4n) is 1.97. The fourth-order valence-corrected chi connectivity index (χ4v) is 2.17. The van der Waals surface area contributed by atoms with Gasteiger partial charge in [-0.1, -0.05) is 23.7 Å². The Hall–Kier alpha value is -2.34. The van der Waals surface area contributed by atoms with Gasteiger partial charge in [0.15, 0.2) is 5.54 Å². The average molecular weight is 336 g/mol. The number of nitrogens with zero attached hydrogens (tertiary/aromatic N) is 2. The van der Waals surface area contributed by atoms with Gasteiger partial charge in [0.05, 0.1) is 17.8 Å². The number of rotatable bonds is 5. The van der Waals surface area contributed by atoms with Crippen molar-refractivity contribution >= 4 is 29.2 Å². The second kappa shape index (κ2) is 6.42. The smallest absolute Gasteiger partial charge is 0.331 e. The number of carbonyl (C=O) groups excluding carboxylic acids is 1. The van der Waals surface area contributed by atoms with E-state index in [9.17, 15) is 14.7 Å². The van der Waals surface area contributed by atoms with E-state index in [1.54, 1.807) is 25.1 Å². The molecule has 1 atom stereocenters. The zero-order valence-electron chi connectivity index (χ0n) is 13.1. The lowest BCUT2D eigenvalue weighted by atomic mass is 10.0. The average Bonchev–Trinajstić information content (AvgIpc) is 2.95. The lowest BCUT2D eigenvalue weighted by molar-refractivity contribution is -0.146. The van der Waals surface area contributed by atoms with Crippen molar-refractivity contribution in [2.24, 2.45) is 0 Å². The van der Waals surface area contributed by atoms with Crippen LogP contribution < -0.4 is 5.32 Å². The highest BCUT2D eigenvalue weighted by molar-refractivity contribution is 6.30. The Kier molecular flexibility index (Phi) is 4.75. The van der Waals surface area contributed by atoms with Crippen LogP contribution in [0.1, 0.15) is 32.3 Å². The molecule has 0 saturated carbocycles. The highest BCUT2D eigenvalue weighted by atomic mass is 35.5. The number of halogens is 1. The molecule has 1 unspecified atom stereocenters. The molecule has 2 aromatic rings. The summed E-state index contributed by atoms with van der Waals surface area (Å²) in [4.78, 5) is 23.5. The van der Waals surface area contributed by atoms with Crippen molar-refractivity contribution in [3.05, 3.63) is 47.2 Å². The lowest BCUT2D eigenvalue weighted by Gasteiger charge is -2.19. The number of carbonyl (C=O) groups is 2. The Balaban J connectivity index is 2.12. The summed E-state index contributed by atoms with van der Waals surface area (Å²) < 4.78 is 1.30. The molecule has 1 amide bonds. The van der Waals surface area contributed by atoms with E-state index in [0.29, 0.717) is 10.7 Å². The van der Waals surface area contributed by atoms with E-state index in [0.717, 1.165) is 5.56 Å². The maximum absolute atomic E-state index is 12.3. The molecule has 0 saturated heterocycles. The maximum Gasteiger partial charge on any atom is 0.331 e. The maximum atomic E-state index is 12.3. The second-order valence-electron chi connectivity index (χ2n) is 5.80. The van der Waals surface area contributed by atoms with E-state index in [1.165, 1.54) is 30.9 Å². The number of benzene rings is 1. The normalized spacial score (nSPS) is 12.7. The summed E-state index contributed by atoms with van der Waals surface area (Å²) >= 11 is 5.94. The molecule has 122 valence electrons. The molecule has 0 radical (unpaired) electrons. The topological polar surface area (TPSA) is 84.2 Å². The quantitative estimate of drug-likeness (QED) is 0.879. The highest BCUT2D eigenvalue weighted by Crippen LogP contribution is 2.22. The highest BCUT2D eigenvalue weighted by Gasteiger charge is 2.30. The van der Waals surface area contributed by atoms with Crippen LogP contribution in [0.3, 0.4) is 0 Å². The van der Waals surface area contributed by atoms with E-state index >= 15 is 0 Å². The number of carboxylic acid groups (broad SMARTS) is 1. The van der Waals surface area contributed by atoms with Gasteiger partial charge in [0.2, 0.25) is 5.91 Å². The largest absolute Gasteiger partial charge is 0.479 e. The third kappa shape index (κ3) is 3.71. The van der Waals surface area contributed by atoms with Crippen molar-refractivity contribution in [3.63, 3.8) is 0 Å². The van der Waals surface area contributed by atoms with Crippen LogP contribution in [0.4, 0.5) is 5.69 Å². The van der Waals surface area contributed by atoms with Crippen molar-refractivity contribution in [1.82, 2.24) is 9.78 Å². The van der Waals surface area contributed by atoms with Crippen molar-refractivity contribution in [1.29, 1.82) is 0 Å². The Morgan fingerprint density at radius 1 is 1.39 bits per heavy atom. The lowest BCUT2D eigenvalue weighted by Crippen LogP contribution is -2.35. The molecule has 1 aromatic carbocycles. The van der Waals surface area contributed by atoms with Crippen LogP contribution in [0, 0.1) is 0 Å². The summed E-state index contributed by atoms with van der Waals surface area (Å²) in [5.74, 6) is -1.63. The minimum absolute atomic E-state index is 0.222. The van der Waals surface area contributed by atoms with Gasteiger partial charge in [-0.25, -0.2) is 4.79 Å². The molecule has 1 heterocycles. The van der Waals surface area contributed by atoms with Crippen LogP contribution in [-0.4, -0.2) is 26.8 Å². The number of hydrogen-bond acceptors (Lipinski definition) is 3. The first kappa shape index (κ1) is 17.0. The van der Waals surface area contributed by atoms with Crippen LogP contribution in [-0.2, 0) is 15.1 Å². The van der Waals surface area contributed by atoms with Gasteiger partial charge in [-0.15, -0.1) is 0 Å². The van der Waals surface area contributed by atoms with E-state index in [4.69, 9.17) is 11.6 Å². The summed E-state index contributed by atoms with van der Waals surface area (Å²) in [6.45, 7) is 4.83. The summed E-state index contributed by atoms with van der Waals surface area (Å²) in [7, 11) is 0. The van der Waals surface area contributed by atoms with Crippen LogP contribution in [0.15, 0.2) is 36.7 Å². The number of anilines is 1. The monoisotopic (exact) mass is 335 g/mol. The Morgan fingerprint density at radius 2 is 2.09 bits per heavy atom. The Bertz CT molecular complexity index is 740. The zero-order valence-corrected chi connectivity index (χ0v) is 13.8. The molecule has 0 aliphatic rings. The minimum Gasteiger partial charge on any atom is -0.479 e. The standard InChI is InChI=1S/C16H18ClN3O3/c1-10(11-5-4-6-12(17)7-11)14(21)19-13-8-18-20(9-13)16(2,3)15(22)23/h4-10H,1-3H3,(H,19,21)(H,22,23). The molecule has 23 heavy (non-hydrogen) atoms. The number of aliphatic carboxylic acids is 1. The van der Waals surface area contributed by atoms with Gasteiger partial charge in [-0.2, -0.15) is 5.10 Å². The van der Waals surface area contributed by atoms with Gasteiger partial charge in [0, 0.05) is 11.2 Å². The van der Waals surface area contributed by atoms with Gasteiger partial charge in [0.1, 0.15) is 0 Å². The third-order valence-corrected chi connectivity index (χ3v) is 3.92. The molecule has 0 spiro atoms. The first-order valence-corrected chi connectivity index (χ1v) is 7.44. The van der Waals surface area contributed by atoms with Crippen LogP contribution in [0.25, 0.3) is 0 Å². The van der Waals surface area contributed by atoms with Gasteiger partial charge < -0.3 is 10.4 Å². The van der Waals surface area contributed by atoms with Crippen molar-refractivity contribution in [2.75, 3.05) is 5.32 Å². The van der Waals surface area contributed by atoms with Crippen LogP contribution in [0.5, 0.6) is 0 Å². The molecule has 0 aliphatic heterocycles. The minimum atomic E-state index is -1.19. The van der Waals surface area contributed by atoms with E-state index < -0.39 is 17.4 Å². The second-order valence-corrected chi connectivity index (χ2v) is 6.24. The molecule has 1 aromatic heterocycles. The summed E-state index contributed by atoms with van der Waals surface area (Å²) in [6, 6.07) is 7.10. The van der Waals surface area contributed by atoms with E-state index in [-0.39, 0.29) is 5.91 Å². The van der Waals surface area contributed by atoms with Crippen molar-refractivity contribution < 1.29 is 14.7 Å². The molecule has 7 heteroatoms. The molecule has 6 nitrogen and oxygen atoms in total.